The Kier molecular flexibility index (Phi) is 4.34. The summed E-state index contributed by atoms with van der Waals surface area (Å²) >= 11 is 0. The predicted molar refractivity (Wildman–Crippen MR) is 91.9 cm³/mol. The van der Waals surface area contributed by atoms with E-state index in [-0.39, 0.29) is 11.6 Å². The first-order valence-corrected chi connectivity index (χ1v) is 8.45. The van der Waals surface area contributed by atoms with Crippen molar-refractivity contribution in [2.24, 2.45) is 0 Å². The van der Waals surface area contributed by atoms with Gasteiger partial charge in [-0.1, -0.05) is 16.4 Å². The number of hydrogen-bond donors (Lipinski definition) is 1. The summed E-state index contributed by atoms with van der Waals surface area (Å²) in [6.45, 7) is 3.95. The number of nitrogens with one attached hydrogen (secondary N) is 1. The third-order valence-electron chi connectivity index (χ3n) is 4.73. The Morgan fingerprint density at radius 3 is 3.08 bits per heavy atom. The number of fused-ring (bicyclic) bond motifs is 1. The predicted octanol–water partition coefficient (Wildman–Crippen LogP) is 2.07. The van der Waals surface area contributed by atoms with Gasteiger partial charge in [0.2, 0.25) is 0 Å². The summed E-state index contributed by atoms with van der Waals surface area (Å²) in [5, 5.41) is 11.9. The first kappa shape index (κ1) is 16.6. The number of carbonyl (C=O) groups is 1. The summed E-state index contributed by atoms with van der Waals surface area (Å²) in [5.74, 6) is -0.950. The highest BCUT2D eigenvalue weighted by Crippen LogP contribution is 2.22. The lowest BCUT2D eigenvalue weighted by molar-refractivity contribution is 0.0935. The van der Waals surface area contributed by atoms with Crippen LogP contribution in [0.25, 0.3) is 10.8 Å². The second-order valence-corrected chi connectivity index (χ2v) is 6.51. The zero-order chi connectivity index (χ0) is 18.1. The standard InChI is InChI=1S/C18H18FN5O2/c1-11-16(23-26-22-11)10-24-7-5-13(9-24)21-18(25)17-14-8-20-6-4-12(14)2-3-15(17)19/h2-4,6,8,13H,5,7,9-10H2,1H3,(H,21,25). The molecular weight excluding hydrogens is 337 g/mol. The number of hydrogen-bond acceptors (Lipinski definition) is 6. The SMILES string of the molecule is Cc1nonc1CN1CCC(NC(=O)c2c(F)ccc3ccncc23)C1. The highest BCUT2D eigenvalue weighted by Gasteiger charge is 2.27. The van der Waals surface area contributed by atoms with Gasteiger partial charge in [-0.3, -0.25) is 14.7 Å². The minimum absolute atomic E-state index is 0.0468. The lowest BCUT2D eigenvalue weighted by Crippen LogP contribution is -2.37. The molecule has 3 aromatic rings. The van der Waals surface area contributed by atoms with Crippen molar-refractivity contribution in [2.45, 2.75) is 25.9 Å². The van der Waals surface area contributed by atoms with Crippen molar-refractivity contribution in [2.75, 3.05) is 13.1 Å². The number of likely N-dealkylation sites (tertiary alicyclic amines) is 1. The summed E-state index contributed by atoms with van der Waals surface area (Å²) in [7, 11) is 0. The van der Waals surface area contributed by atoms with Gasteiger partial charge < -0.3 is 5.32 Å². The van der Waals surface area contributed by atoms with E-state index in [0.717, 1.165) is 29.7 Å². The third kappa shape index (κ3) is 3.15. The first-order chi connectivity index (χ1) is 12.6. The van der Waals surface area contributed by atoms with E-state index in [1.165, 1.54) is 12.3 Å². The Balaban J connectivity index is 1.46. The molecule has 3 heterocycles. The van der Waals surface area contributed by atoms with Gasteiger partial charge in [0.25, 0.3) is 5.91 Å². The van der Waals surface area contributed by atoms with Gasteiger partial charge in [-0.05, 0) is 30.9 Å². The Bertz CT molecular complexity index is 958. The molecule has 8 heteroatoms. The van der Waals surface area contributed by atoms with Crippen molar-refractivity contribution in [1.82, 2.24) is 25.5 Å². The van der Waals surface area contributed by atoms with E-state index in [1.54, 1.807) is 18.3 Å². The number of pyridine rings is 1. The number of amides is 1. The van der Waals surface area contributed by atoms with Gasteiger partial charge in [-0.25, -0.2) is 9.02 Å². The van der Waals surface area contributed by atoms with Gasteiger partial charge in [0.1, 0.15) is 17.2 Å². The van der Waals surface area contributed by atoms with E-state index in [2.05, 4.69) is 25.5 Å². The lowest BCUT2D eigenvalue weighted by Gasteiger charge is -2.16. The van der Waals surface area contributed by atoms with Crippen LogP contribution in [-0.4, -0.2) is 45.2 Å². The van der Waals surface area contributed by atoms with Crippen LogP contribution in [0.2, 0.25) is 0 Å². The minimum atomic E-state index is -0.540. The molecule has 2 aromatic heterocycles. The van der Waals surface area contributed by atoms with E-state index in [4.69, 9.17) is 4.63 Å². The number of rotatable bonds is 4. The molecule has 1 amide bonds. The molecule has 1 saturated heterocycles. The molecule has 7 nitrogen and oxygen atoms in total. The molecule has 26 heavy (non-hydrogen) atoms. The summed E-state index contributed by atoms with van der Waals surface area (Å²) in [6, 6.07) is 4.68. The molecule has 4 rings (SSSR count). The molecule has 134 valence electrons. The average Bonchev–Trinajstić information content (AvgIpc) is 3.24. The number of aryl methyl sites for hydroxylation is 1. The fourth-order valence-corrected chi connectivity index (χ4v) is 3.32. The average molecular weight is 355 g/mol. The largest absolute Gasteiger partial charge is 0.348 e. The molecule has 0 aliphatic carbocycles. The summed E-state index contributed by atoms with van der Waals surface area (Å²) < 4.78 is 19.0. The van der Waals surface area contributed by atoms with Gasteiger partial charge in [0, 0.05) is 43.5 Å². The maximum absolute atomic E-state index is 14.3. The molecule has 1 aromatic carbocycles. The highest BCUT2D eigenvalue weighted by atomic mass is 19.1. The van der Waals surface area contributed by atoms with Crippen LogP contribution in [0.4, 0.5) is 4.39 Å². The Morgan fingerprint density at radius 1 is 1.38 bits per heavy atom. The molecule has 1 atom stereocenters. The molecule has 1 aliphatic rings. The third-order valence-corrected chi connectivity index (χ3v) is 4.73. The summed E-state index contributed by atoms with van der Waals surface area (Å²) in [5.41, 5.74) is 1.61. The number of benzene rings is 1. The van der Waals surface area contributed by atoms with Crippen LogP contribution in [0.1, 0.15) is 28.2 Å². The monoisotopic (exact) mass is 355 g/mol. The fraction of sp³-hybridized carbons (Fsp3) is 0.333. The fourth-order valence-electron chi connectivity index (χ4n) is 3.32. The molecule has 1 aliphatic heterocycles. The lowest BCUT2D eigenvalue weighted by atomic mass is 10.0. The van der Waals surface area contributed by atoms with Crippen LogP contribution in [0, 0.1) is 12.7 Å². The van der Waals surface area contributed by atoms with E-state index in [0.29, 0.717) is 18.5 Å². The van der Waals surface area contributed by atoms with Gasteiger partial charge in [0.05, 0.1) is 5.56 Å². The Hall–Kier alpha value is -2.87. The number of halogens is 1. The van der Waals surface area contributed by atoms with E-state index >= 15 is 0 Å². The van der Waals surface area contributed by atoms with Crippen LogP contribution in [0.3, 0.4) is 0 Å². The van der Waals surface area contributed by atoms with Crippen molar-refractivity contribution < 1.29 is 13.8 Å². The van der Waals surface area contributed by atoms with Crippen LogP contribution < -0.4 is 5.32 Å². The topological polar surface area (TPSA) is 84.2 Å². The Morgan fingerprint density at radius 2 is 2.27 bits per heavy atom. The highest BCUT2D eigenvalue weighted by molar-refractivity contribution is 6.07. The maximum atomic E-state index is 14.3. The van der Waals surface area contributed by atoms with Crippen molar-refractivity contribution in [3.05, 3.63) is 53.4 Å². The van der Waals surface area contributed by atoms with Gasteiger partial charge in [-0.15, -0.1) is 0 Å². The second kappa shape index (κ2) is 6.80. The molecule has 1 fully saturated rings. The smallest absolute Gasteiger partial charge is 0.255 e. The molecule has 0 saturated carbocycles. The quantitative estimate of drug-likeness (QED) is 0.771. The van der Waals surface area contributed by atoms with Gasteiger partial charge >= 0.3 is 0 Å². The second-order valence-electron chi connectivity index (χ2n) is 6.51. The number of nitrogens with zero attached hydrogens (tertiary/aromatic N) is 4. The molecule has 1 unspecified atom stereocenters. The molecule has 0 spiro atoms. The Labute approximate surface area is 149 Å². The van der Waals surface area contributed by atoms with Gasteiger partial charge in [-0.2, -0.15) is 0 Å². The van der Waals surface area contributed by atoms with Crippen LogP contribution in [0.5, 0.6) is 0 Å². The van der Waals surface area contributed by atoms with E-state index in [9.17, 15) is 9.18 Å². The van der Waals surface area contributed by atoms with Crippen molar-refractivity contribution >= 4 is 16.7 Å². The van der Waals surface area contributed by atoms with Crippen LogP contribution >= 0.6 is 0 Å². The number of aromatic nitrogens is 3. The minimum Gasteiger partial charge on any atom is -0.348 e. The normalized spacial score (nSPS) is 17.7. The van der Waals surface area contributed by atoms with Crippen LogP contribution in [0.15, 0.2) is 35.2 Å². The molecule has 1 N–H and O–H groups in total. The first-order valence-electron chi connectivity index (χ1n) is 8.45. The molecule has 0 bridgehead atoms. The van der Waals surface area contributed by atoms with Crippen LogP contribution in [-0.2, 0) is 6.54 Å². The summed E-state index contributed by atoms with van der Waals surface area (Å²) in [4.78, 5) is 18.9. The van der Waals surface area contributed by atoms with Crippen molar-refractivity contribution in [1.29, 1.82) is 0 Å². The van der Waals surface area contributed by atoms with Crippen molar-refractivity contribution in [3.8, 4) is 0 Å². The zero-order valence-corrected chi connectivity index (χ0v) is 14.3. The van der Waals surface area contributed by atoms with Gasteiger partial charge in [0.15, 0.2) is 0 Å². The van der Waals surface area contributed by atoms with Crippen molar-refractivity contribution in [3.63, 3.8) is 0 Å². The van der Waals surface area contributed by atoms with E-state index in [1.807, 2.05) is 6.92 Å². The number of carbonyl (C=O) groups excluding carboxylic acids is 1. The zero-order valence-electron chi connectivity index (χ0n) is 14.3. The molecule has 0 radical (unpaired) electrons. The van der Waals surface area contributed by atoms with E-state index < -0.39 is 11.7 Å². The maximum Gasteiger partial charge on any atom is 0.255 e. The summed E-state index contributed by atoms with van der Waals surface area (Å²) in [6.07, 6.45) is 3.94. The molecular formula is C18H18FN5O2.